The van der Waals surface area contributed by atoms with E-state index in [1.807, 2.05) is 45.0 Å². The molecule has 0 bridgehead atoms. The molecule has 5 nitrogen and oxygen atoms in total. The van der Waals surface area contributed by atoms with Crippen molar-refractivity contribution in [1.82, 2.24) is 14.3 Å². The molecule has 124 valence electrons. The van der Waals surface area contributed by atoms with Gasteiger partial charge in [-0.15, -0.1) is 0 Å². The Morgan fingerprint density at radius 3 is 2.87 bits per heavy atom. The Morgan fingerprint density at radius 1 is 1.39 bits per heavy atom. The minimum absolute atomic E-state index is 0.234. The Bertz CT molecular complexity index is 713. The first-order chi connectivity index (χ1) is 10.9. The Kier molecular flexibility index (Phi) is 4.04. The van der Waals surface area contributed by atoms with E-state index in [1.165, 1.54) is 0 Å². The normalized spacial score (nSPS) is 19.1. The summed E-state index contributed by atoms with van der Waals surface area (Å²) in [6.07, 6.45) is 6.26. The number of carbonyl (C=O) groups is 1. The molecule has 3 rings (SSSR count). The van der Waals surface area contributed by atoms with E-state index < -0.39 is 0 Å². The lowest BCUT2D eigenvalue weighted by atomic mass is 9.90. The van der Waals surface area contributed by atoms with Crippen molar-refractivity contribution in [3.63, 3.8) is 0 Å². The van der Waals surface area contributed by atoms with Gasteiger partial charge in [-0.05, 0) is 25.0 Å². The minimum Gasteiger partial charge on any atom is -0.371 e. The maximum absolute atomic E-state index is 12.6. The average Bonchev–Trinajstić information content (AvgIpc) is 3.01. The summed E-state index contributed by atoms with van der Waals surface area (Å²) in [6, 6.07) is 4.08. The fourth-order valence-electron chi connectivity index (χ4n) is 3.32. The lowest BCUT2D eigenvalue weighted by Crippen LogP contribution is -2.44. The molecule has 23 heavy (non-hydrogen) atoms. The van der Waals surface area contributed by atoms with Gasteiger partial charge in [0.15, 0.2) is 0 Å². The number of nitrogens with one attached hydrogen (secondary N) is 1. The second kappa shape index (κ2) is 5.87. The third kappa shape index (κ3) is 3.05. The van der Waals surface area contributed by atoms with Crippen LogP contribution in [-0.4, -0.2) is 40.3 Å². The molecule has 1 amide bonds. The van der Waals surface area contributed by atoms with Gasteiger partial charge < -0.3 is 14.6 Å². The number of hydrogen-bond donors (Lipinski definition) is 1. The number of likely N-dealkylation sites (tertiary alicyclic amines) is 1. The van der Waals surface area contributed by atoms with Crippen LogP contribution >= 0.6 is 0 Å². The van der Waals surface area contributed by atoms with Crippen molar-refractivity contribution in [3.8, 4) is 0 Å². The summed E-state index contributed by atoms with van der Waals surface area (Å²) in [7, 11) is 1.90. The van der Waals surface area contributed by atoms with Crippen molar-refractivity contribution in [1.29, 1.82) is 0 Å². The van der Waals surface area contributed by atoms with Crippen molar-refractivity contribution < 1.29 is 4.79 Å². The molecule has 5 heteroatoms. The molecule has 2 aromatic rings. The van der Waals surface area contributed by atoms with Gasteiger partial charge in [0.05, 0.1) is 11.2 Å². The van der Waals surface area contributed by atoms with Gasteiger partial charge in [0.1, 0.15) is 5.82 Å². The highest BCUT2D eigenvalue weighted by Crippen LogP contribution is 2.30. The SMILES string of the molecule is CNc1nc([C@H]2CCCN(C(=O)C(C)(C)C)C2)cn2cccc12. The van der Waals surface area contributed by atoms with Crippen LogP contribution in [-0.2, 0) is 4.79 Å². The van der Waals surface area contributed by atoms with Crippen LogP contribution in [0.25, 0.3) is 5.52 Å². The zero-order chi connectivity index (χ0) is 16.6. The zero-order valence-corrected chi connectivity index (χ0v) is 14.5. The Hall–Kier alpha value is -2.04. The molecule has 1 saturated heterocycles. The standard InChI is InChI=1S/C18H26N4O/c1-18(2,3)17(23)22-10-5-7-13(11-22)14-12-21-9-6-8-15(21)16(19-4)20-14/h6,8-9,12-13H,5,7,10-11H2,1-4H3,(H,19,20)/t13-/m0/s1. The molecule has 0 aliphatic carbocycles. The van der Waals surface area contributed by atoms with Gasteiger partial charge in [-0.2, -0.15) is 0 Å². The van der Waals surface area contributed by atoms with Gasteiger partial charge >= 0.3 is 0 Å². The average molecular weight is 314 g/mol. The number of carbonyl (C=O) groups excluding carboxylic acids is 1. The van der Waals surface area contributed by atoms with E-state index in [2.05, 4.69) is 22.0 Å². The third-order valence-electron chi connectivity index (χ3n) is 4.54. The van der Waals surface area contributed by atoms with E-state index >= 15 is 0 Å². The fourth-order valence-corrected chi connectivity index (χ4v) is 3.32. The molecule has 0 spiro atoms. The molecular formula is C18H26N4O. The second-order valence-corrected chi connectivity index (χ2v) is 7.41. The van der Waals surface area contributed by atoms with Gasteiger partial charge in [-0.25, -0.2) is 4.98 Å². The highest BCUT2D eigenvalue weighted by molar-refractivity contribution is 5.81. The van der Waals surface area contributed by atoms with Gasteiger partial charge in [0, 0.05) is 43.9 Å². The first-order valence-electron chi connectivity index (χ1n) is 8.35. The number of amides is 1. The monoisotopic (exact) mass is 314 g/mol. The Balaban J connectivity index is 1.88. The molecule has 1 aliphatic rings. The lowest BCUT2D eigenvalue weighted by Gasteiger charge is -2.36. The van der Waals surface area contributed by atoms with Gasteiger partial charge in [0.2, 0.25) is 5.91 Å². The predicted octanol–water partition coefficient (Wildman–Crippen LogP) is 3.13. The highest BCUT2D eigenvalue weighted by Gasteiger charge is 2.32. The summed E-state index contributed by atoms with van der Waals surface area (Å²) < 4.78 is 2.11. The topological polar surface area (TPSA) is 49.6 Å². The van der Waals surface area contributed by atoms with E-state index in [0.29, 0.717) is 5.92 Å². The highest BCUT2D eigenvalue weighted by atomic mass is 16.2. The second-order valence-electron chi connectivity index (χ2n) is 7.41. The molecule has 1 atom stereocenters. The minimum atomic E-state index is -0.324. The summed E-state index contributed by atoms with van der Waals surface area (Å²) in [5.41, 5.74) is 1.81. The first-order valence-corrected chi connectivity index (χ1v) is 8.35. The predicted molar refractivity (Wildman–Crippen MR) is 92.7 cm³/mol. The van der Waals surface area contributed by atoms with Gasteiger partial charge in [-0.1, -0.05) is 20.8 Å². The van der Waals surface area contributed by atoms with Crippen molar-refractivity contribution in [3.05, 3.63) is 30.2 Å². The maximum atomic E-state index is 12.6. The number of piperidine rings is 1. The van der Waals surface area contributed by atoms with Gasteiger partial charge in [-0.3, -0.25) is 4.79 Å². The molecule has 0 saturated carbocycles. The molecule has 2 aromatic heterocycles. The molecule has 1 aliphatic heterocycles. The van der Waals surface area contributed by atoms with E-state index in [9.17, 15) is 4.79 Å². The molecule has 0 aromatic carbocycles. The van der Waals surface area contributed by atoms with E-state index in [0.717, 1.165) is 43.0 Å². The molecule has 1 N–H and O–H groups in total. The molecule has 3 heterocycles. The molecular weight excluding hydrogens is 288 g/mol. The lowest BCUT2D eigenvalue weighted by molar-refractivity contribution is -0.140. The van der Waals surface area contributed by atoms with Crippen LogP contribution in [0.1, 0.15) is 45.2 Å². The van der Waals surface area contributed by atoms with Crippen LogP contribution in [0.2, 0.25) is 0 Å². The van der Waals surface area contributed by atoms with E-state index in [4.69, 9.17) is 4.98 Å². The first kappa shape index (κ1) is 15.8. The summed E-state index contributed by atoms with van der Waals surface area (Å²) in [4.78, 5) is 19.4. The molecule has 0 unspecified atom stereocenters. The van der Waals surface area contributed by atoms with Crippen molar-refractivity contribution in [2.24, 2.45) is 5.41 Å². The number of aromatic nitrogens is 2. The van der Waals surface area contributed by atoms with E-state index in [-0.39, 0.29) is 11.3 Å². The van der Waals surface area contributed by atoms with Crippen molar-refractivity contribution >= 4 is 17.2 Å². The van der Waals surface area contributed by atoms with Gasteiger partial charge in [0.25, 0.3) is 0 Å². The van der Waals surface area contributed by atoms with Crippen molar-refractivity contribution in [2.45, 2.75) is 39.5 Å². The quantitative estimate of drug-likeness (QED) is 0.926. The third-order valence-corrected chi connectivity index (χ3v) is 4.54. The number of fused-ring (bicyclic) bond motifs is 1. The summed E-state index contributed by atoms with van der Waals surface area (Å²) in [6.45, 7) is 7.59. The molecule has 1 fully saturated rings. The number of rotatable bonds is 2. The Labute approximate surface area is 137 Å². The van der Waals surface area contributed by atoms with Crippen molar-refractivity contribution in [2.75, 3.05) is 25.5 Å². The van der Waals surface area contributed by atoms with Crippen LogP contribution in [0, 0.1) is 5.41 Å². The van der Waals surface area contributed by atoms with Crippen LogP contribution in [0.15, 0.2) is 24.5 Å². The van der Waals surface area contributed by atoms with Crippen LogP contribution in [0.4, 0.5) is 5.82 Å². The maximum Gasteiger partial charge on any atom is 0.227 e. The smallest absolute Gasteiger partial charge is 0.227 e. The summed E-state index contributed by atoms with van der Waals surface area (Å²) >= 11 is 0. The number of hydrogen-bond acceptors (Lipinski definition) is 3. The van der Waals surface area contributed by atoms with Crippen LogP contribution < -0.4 is 5.32 Å². The number of nitrogens with zero attached hydrogens (tertiary/aromatic N) is 3. The van der Waals surface area contributed by atoms with E-state index in [1.54, 1.807) is 0 Å². The van der Waals surface area contributed by atoms with Crippen LogP contribution in [0.5, 0.6) is 0 Å². The zero-order valence-electron chi connectivity index (χ0n) is 14.5. The largest absolute Gasteiger partial charge is 0.371 e. The summed E-state index contributed by atoms with van der Waals surface area (Å²) in [5, 5.41) is 3.18. The fraction of sp³-hybridized carbons (Fsp3) is 0.556. The van der Waals surface area contributed by atoms with Crippen LogP contribution in [0.3, 0.4) is 0 Å². The summed E-state index contributed by atoms with van der Waals surface area (Å²) in [5.74, 6) is 1.43. The molecule has 0 radical (unpaired) electrons. The number of anilines is 1. The Morgan fingerprint density at radius 2 is 2.17 bits per heavy atom.